The Kier molecular flexibility index (Phi) is 5.86. The van der Waals surface area contributed by atoms with Crippen LogP contribution in [0.3, 0.4) is 0 Å². The monoisotopic (exact) mass is 397 g/mol. The lowest BCUT2D eigenvalue weighted by molar-refractivity contribution is 0.0479. The van der Waals surface area contributed by atoms with E-state index in [1.165, 1.54) is 11.8 Å². The van der Waals surface area contributed by atoms with Crippen molar-refractivity contribution < 1.29 is 23.9 Å². The maximum Gasteiger partial charge on any atom is 0.341 e. The fourth-order valence-corrected chi connectivity index (χ4v) is 3.04. The number of ether oxygens (including phenoxy) is 2. The number of aromatic nitrogens is 1. The molecule has 0 aliphatic heterocycles. The standard InChI is InChI=1S/C11H13Br2NO5/c1-4-18-10(15)6-7(11(16)19-5-2)9(13)14(17-3)8(6)12/h4-5H2,1-3H3. The zero-order valence-electron chi connectivity index (χ0n) is 10.7. The SMILES string of the molecule is CCOC(=O)c1c(C(=O)OCC)c(Br)n(OC)c1Br. The van der Waals surface area contributed by atoms with Gasteiger partial charge in [-0.2, -0.15) is 4.73 Å². The Hall–Kier alpha value is -1.02. The summed E-state index contributed by atoms with van der Waals surface area (Å²) < 4.78 is 11.7. The van der Waals surface area contributed by atoms with E-state index in [-0.39, 0.29) is 33.5 Å². The minimum Gasteiger partial charge on any atom is -0.462 e. The Morgan fingerprint density at radius 1 is 1.00 bits per heavy atom. The molecule has 1 heterocycles. The molecular formula is C11H13Br2NO5. The van der Waals surface area contributed by atoms with Crippen molar-refractivity contribution in [1.82, 2.24) is 4.73 Å². The molecule has 0 unspecified atom stereocenters. The fraction of sp³-hybridized carbons (Fsp3) is 0.455. The van der Waals surface area contributed by atoms with Crippen LogP contribution in [0.1, 0.15) is 34.6 Å². The van der Waals surface area contributed by atoms with Crippen molar-refractivity contribution in [2.75, 3.05) is 20.3 Å². The molecule has 0 aliphatic carbocycles. The number of nitrogens with zero attached hydrogens (tertiary/aromatic N) is 1. The van der Waals surface area contributed by atoms with Gasteiger partial charge in [-0.05, 0) is 45.7 Å². The number of hydrogen-bond acceptors (Lipinski definition) is 5. The van der Waals surface area contributed by atoms with Gasteiger partial charge in [0, 0.05) is 0 Å². The van der Waals surface area contributed by atoms with E-state index < -0.39 is 11.9 Å². The van der Waals surface area contributed by atoms with Gasteiger partial charge in [0.25, 0.3) is 0 Å². The highest BCUT2D eigenvalue weighted by Gasteiger charge is 2.31. The van der Waals surface area contributed by atoms with Crippen molar-refractivity contribution >= 4 is 43.8 Å². The lowest BCUT2D eigenvalue weighted by atomic mass is 10.2. The average Bonchev–Trinajstić information content (AvgIpc) is 2.61. The zero-order valence-corrected chi connectivity index (χ0v) is 13.8. The van der Waals surface area contributed by atoms with Crippen LogP contribution in [0.5, 0.6) is 0 Å². The largest absolute Gasteiger partial charge is 0.462 e. The number of rotatable bonds is 5. The molecule has 0 amide bonds. The number of halogens is 2. The van der Waals surface area contributed by atoms with Gasteiger partial charge in [0.05, 0.1) is 13.2 Å². The Balaban J connectivity index is 3.41. The number of hydrogen-bond donors (Lipinski definition) is 0. The second-order valence-electron chi connectivity index (χ2n) is 3.25. The molecule has 6 nitrogen and oxygen atoms in total. The molecule has 0 aliphatic rings. The molecule has 0 radical (unpaired) electrons. The van der Waals surface area contributed by atoms with Gasteiger partial charge >= 0.3 is 11.9 Å². The van der Waals surface area contributed by atoms with Crippen molar-refractivity contribution in [3.05, 3.63) is 20.3 Å². The van der Waals surface area contributed by atoms with E-state index in [2.05, 4.69) is 31.9 Å². The first-order chi connectivity index (χ1) is 8.99. The molecule has 0 bridgehead atoms. The lowest BCUT2D eigenvalue weighted by Crippen LogP contribution is -2.12. The number of esters is 2. The first-order valence-electron chi connectivity index (χ1n) is 5.47. The zero-order chi connectivity index (χ0) is 14.6. The highest BCUT2D eigenvalue weighted by atomic mass is 79.9. The Bertz CT molecular complexity index is 456. The normalized spacial score (nSPS) is 10.2. The molecule has 0 saturated heterocycles. The molecule has 0 atom stereocenters. The summed E-state index contributed by atoms with van der Waals surface area (Å²) in [6.07, 6.45) is 0. The molecule has 0 saturated carbocycles. The molecule has 19 heavy (non-hydrogen) atoms. The van der Waals surface area contributed by atoms with Crippen LogP contribution in [0.4, 0.5) is 0 Å². The third-order valence-corrected chi connectivity index (χ3v) is 3.60. The van der Waals surface area contributed by atoms with Crippen molar-refractivity contribution in [2.45, 2.75) is 13.8 Å². The predicted molar refractivity (Wildman–Crippen MR) is 74.2 cm³/mol. The van der Waals surface area contributed by atoms with Gasteiger partial charge in [-0.25, -0.2) is 9.59 Å². The van der Waals surface area contributed by atoms with Crippen LogP contribution in [0.2, 0.25) is 0 Å². The van der Waals surface area contributed by atoms with E-state index in [0.717, 1.165) is 0 Å². The summed E-state index contributed by atoms with van der Waals surface area (Å²) in [6, 6.07) is 0. The Morgan fingerprint density at radius 3 is 1.63 bits per heavy atom. The summed E-state index contributed by atoms with van der Waals surface area (Å²) >= 11 is 6.40. The Labute approximate surface area is 127 Å². The van der Waals surface area contributed by atoms with Gasteiger partial charge in [0.2, 0.25) is 0 Å². The second-order valence-corrected chi connectivity index (χ2v) is 4.75. The predicted octanol–water partition coefficient (Wildman–Crippen LogP) is 2.42. The molecular weight excluding hydrogens is 386 g/mol. The molecule has 1 aromatic heterocycles. The number of carbonyl (C=O) groups is 2. The van der Waals surface area contributed by atoms with E-state index in [4.69, 9.17) is 14.3 Å². The Morgan fingerprint density at radius 2 is 1.37 bits per heavy atom. The van der Waals surface area contributed by atoms with Crippen LogP contribution < -0.4 is 4.84 Å². The third-order valence-electron chi connectivity index (χ3n) is 2.16. The first-order valence-corrected chi connectivity index (χ1v) is 7.06. The first kappa shape index (κ1) is 16.0. The average molecular weight is 399 g/mol. The van der Waals surface area contributed by atoms with Crippen LogP contribution in [0.25, 0.3) is 0 Å². The highest BCUT2D eigenvalue weighted by Crippen LogP contribution is 2.32. The fourth-order valence-electron chi connectivity index (χ4n) is 1.43. The number of carbonyl (C=O) groups excluding carboxylic acids is 2. The minimum absolute atomic E-state index is 0.0639. The molecule has 0 aromatic carbocycles. The van der Waals surface area contributed by atoms with Gasteiger partial charge in [0.1, 0.15) is 27.4 Å². The molecule has 0 fully saturated rings. The highest BCUT2D eigenvalue weighted by molar-refractivity contribution is 9.11. The lowest BCUT2D eigenvalue weighted by Gasteiger charge is -2.04. The van der Waals surface area contributed by atoms with E-state index in [9.17, 15) is 9.59 Å². The van der Waals surface area contributed by atoms with E-state index in [0.29, 0.717) is 0 Å². The maximum absolute atomic E-state index is 11.9. The van der Waals surface area contributed by atoms with Crippen molar-refractivity contribution in [3.8, 4) is 0 Å². The molecule has 1 aromatic rings. The summed E-state index contributed by atoms with van der Waals surface area (Å²) in [4.78, 5) is 28.9. The van der Waals surface area contributed by atoms with Gasteiger partial charge in [0.15, 0.2) is 0 Å². The third kappa shape index (κ3) is 3.11. The second kappa shape index (κ2) is 6.95. The van der Waals surface area contributed by atoms with Crippen molar-refractivity contribution in [1.29, 1.82) is 0 Å². The van der Waals surface area contributed by atoms with Gasteiger partial charge in [-0.3, -0.25) is 0 Å². The van der Waals surface area contributed by atoms with Gasteiger partial charge in [-0.1, -0.05) is 0 Å². The van der Waals surface area contributed by atoms with Gasteiger partial charge < -0.3 is 14.3 Å². The van der Waals surface area contributed by atoms with Crippen LogP contribution in [-0.2, 0) is 9.47 Å². The van der Waals surface area contributed by atoms with Crippen LogP contribution in [0.15, 0.2) is 9.21 Å². The molecule has 1 rings (SSSR count). The minimum atomic E-state index is -0.631. The molecule has 0 N–H and O–H groups in total. The van der Waals surface area contributed by atoms with E-state index >= 15 is 0 Å². The van der Waals surface area contributed by atoms with Crippen molar-refractivity contribution in [2.24, 2.45) is 0 Å². The summed E-state index contributed by atoms with van der Waals surface area (Å²) in [7, 11) is 1.40. The molecule has 106 valence electrons. The van der Waals surface area contributed by atoms with Gasteiger partial charge in [-0.15, -0.1) is 0 Å². The summed E-state index contributed by atoms with van der Waals surface area (Å²) in [6.45, 7) is 3.75. The van der Waals surface area contributed by atoms with Crippen LogP contribution >= 0.6 is 31.9 Å². The summed E-state index contributed by atoms with van der Waals surface area (Å²) in [5.74, 6) is -1.26. The van der Waals surface area contributed by atoms with E-state index in [1.54, 1.807) is 13.8 Å². The van der Waals surface area contributed by atoms with Crippen LogP contribution in [-0.4, -0.2) is 37.0 Å². The summed E-state index contributed by atoms with van der Waals surface area (Å²) in [5.41, 5.74) is 0.128. The van der Waals surface area contributed by atoms with Crippen LogP contribution in [0, 0.1) is 0 Å². The smallest absolute Gasteiger partial charge is 0.341 e. The quantitative estimate of drug-likeness (QED) is 0.712. The van der Waals surface area contributed by atoms with E-state index in [1.807, 2.05) is 0 Å². The maximum atomic E-state index is 11.9. The topological polar surface area (TPSA) is 66.8 Å². The summed E-state index contributed by atoms with van der Waals surface area (Å²) in [5, 5.41) is 0. The molecule has 8 heteroatoms. The molecule has 0 spiro atoms. The van der Waals surface area contributed by atoms with Crippen molar-refractivity contribution in [3.63, 3.8) is 0 Å².